The molecule has 1 aliphatic carbocycles. The van der Waals surface area contributed by atoms with Gasteiger partial charge in [-0.3, -0.25) is 4.79 Å². The second-order valence-corrected chi connectivity index (χ2v) is 5.85. The van der Waals surface area contributed by atoms with Gasteiger partial charge in [0.2, 0.25) is 5.91 Å². The average molecular weight is 333 g/mol. The Morgan fingerprint density at radius 2 is 1.96 bits per heavy atom. The van der Waals surface area contributed by atoms with Gasteiger partial charge < -0.3 is 15.8 Å². The normalized spacial score (nSPS) is 14.5. The minimum Gasteiger partial charge on any atom is -0.489 e. The molecule has 0 spiro atoms. The third kappa shape index (κ3) is 4.24. The molecule has 3 N–H and O–H groups in total. The van der Waals surface area contributed by atoms with Crippen LogP contribution in [0.15, 0.2) is 48.5 Å². The van der Waals surface area contributed by atoms with E-state index in [9.17, 15) is 4.79 Å². The van der Waals surface area contributed by atoms with Crippen LogP contribution < -0.4 is 15.8 Å². The standard InChI is InChI=1S/C18H20N2O2.ClH/c1-13-5-2-3-6-14(13)12-22-16-8-4-7-15(11-16)20-17(21)18(19)9-10-18;/h2-8,11H,9-10,12,19H2,1H3,(H,20,21);1H. The van der Waals surface area contributed by atoms with Crippen molar-refractivity contribution in [3.05, 3.63) is 59.7 Å². The number of nitrogens with one attached hydrogen (secondary N) is 1. The molecule has 0 aliphatic heterocycles. The van der Waals surface area contributed by atoms with Crippen molar-refractivity contribution in [2.24, 2.45) is 5.73 Å². The van der Waals surface area contributed by atoms with Crippen molar-refractivity contribution in [1.82, 2.24) is 0 Å². The average Bonchev–Trinajstić information content (AvgIpc) is 3.26. The Morgan fingerprint density at radius 3 is 2.65 bits per heavy atom. The largest absolute Gasteiger partial charge is 0.489 e. The highest BCUT2D eigenvalue weighted by molar-refractivity contribution is 6.00. The van der Waals surface area contributed by atoms with Gasteiger partial charge in [0.1, 0.15) is 12.4 Å². The fourth-order valence-electron chi connectivity index (χ4n) is 2.21. The van der Waals surface area contributed by atoms with E-state index in [-0.39, 0.29) is 18.3 Å². The molecule has 1 aliphatic rings. The smallest absolute Gasteiger partial charge is 0.244 e. The molecule has 0 bridgehead atoms. The number of nitrogens with two attached hydrogens (primary N) is 1. The molecule has 0 radical (unpaired) electrons. The lowest BCUT2D eigenvalue weighted by atomic mass is 10.1. The minimum absolute atomic E-state index is 0. The number of benzene rings is 2. The van der Waals surface area contributed by atoms with Crippen LogP contribution in [0.5, 0.6) is 5.75 Å². The summed E-state index contributed by atoms with van der Waals surface area (Å²) in [5.41, 5.74) is 8.28. The number of amides is 1. The van der Waals surface area contributed by atoms with Crippen LogP contribution in [0.25, 0.3) is 0 Å². The first-order chi connectivity index (χ1) is 10.6. The molecule has 0 atom stereocenters. The predicted octanol–water partition coefficient (Wildman–Crippen LogP) is 3.43. The van der Waals surface area contributed by atoms with E-state index in [0.717, 1.165) is 24.2 Å². The number of anilines is 1. The summed E-state index contributed by atoms with van der Waals surface area (Å²) in [5, 5.41) is 2.85. The molecule has 0 aromatic heterocycles. The second kappa shape index (κ2) is 7.02. The van der Waals surface area contributed by atoms with Gasteiger partial charge in [-0.25, -0.2) is 0 Å². The van der Waals surface area contributed by atoms with Crippen LogP contribution >= 0.6 is 12.4 Å². The first-order valence-electron chi connectivity index (χ1n) is 7.44. The van der Waals surface area contributed by atoms with Crippen molar-refractivity contribution < 1.29 is 9.53 Å². The Kier molecular flexibility index (Phi) is 5.29. The van der Waals surface area contributed by atoms with Crippen LogP contribution in [0.3, 0.4) is 0 Å². The molecular weight excluding hydrogens is 312 g/mol. The number of carbonyl (C=O) groups is 1. The molecule has 1 amide bonds. The second-order valence-electron chi connectivity index (χ2n) is 5.85. The molecule has 4 nitrogen and oxygen atoms in total. The molecule has 3 rings (SSSR count). The molecule has 122 valence electrons. The van der Waals surface area contributed by atoms with Gasteiger partial charge in [-0.05, 0) is 43.0 Å². The summed E-state index contributed by atoms with van der Waals surface area (Å²) >= 11 is 0. The number of rotatable bonds is 5. The third-order valence-electron chi connectivity index (χ3n) is 3.99. The summed E-state index contributed by atoms with van der Waals surface area (Å²) in [6.45, 7) is 2.57. The third-order valence-corrected chi connectivity index (χ3v) is 3.99. The molecule has 23 heavy (non-hydrogen) atoms. The van der Waals surface area contributed by atoms with Gasteiger partial charge in [-0.1, -0.05) is 30.3 Å². The van der Waals surface area contributed by atoms with E-state index in [1.54, 1.807) is 0 Å². The van der Waals surface area contributed by atoms with E-state index < -0.39 is 5.54 Å². The monoisotopic (exact) mass is 332 g/mol. The zero-order valence-corrected chi connectivity index (χ0v) is 13.9. The van der Waals surface area contributed by atoms with Crippen molar-refractivity contribution in [2.45, 2.75) is 31.9 Å². The van der Waals surface area contributed by atoms with Gasteiger partial charge in [0.05, 0.1) is 5.54 Å². The van der Waals surface area contributed by atoms with Crippen LogP contribution in [0.4, 0.5) is 5.69 Å². The van der Waals surface area contributed by atoms with E-state index in [0.29, 0.717) is 12.3 Å². The lowest BCUT2D eigenvalue weighted by molar-refractivity contribution is -0.118. The summed E-state index contributed by atoms with van der Waals surface area (Å²) < 4.78 is 5.81. The molecule has 5 heteroatoms. The van der Waals surface area contributed by atoms with E-state index >= 15 is 0 Å². The van der Waals surface area contributed by atoms with Gasteiger partial charge in [-0.2, -0.15) is 0 Å². The van der Waals surface area contributed by atoms with Gasteiger partial charge in [0, 0.05) is 11.8 Å². The Balaban J connectivity index is 0.00000192. The lowest BCUT2D eigenvalue weighted by Crippen LogP contribution is -2.37. The highest BCUT2D eigenvalue weighted by Crippen LogP contribution is 2.33. The zero-order valence-electron chi connectivity index (χ0n) is 13.0. The summed E-state index contributed by atoms with van der Waals surface area (Å²) in [4.78, 5) is 12.0. The van der Waals surface area contributed by atoms with Crippen molar-refractivity contribution in [1.29, 1.82) is 0 Å². The molecule has 0 heterocycles. The Labute approximate surface area is 142 Å². The summed E-state index contributed by atoms with van der Waals surface area (Å²) in [6.07, 6.45) is 1.50. The van der Waals surface area contributed by atoms with Gasteiger partial charge in [0.25, 0.3) is 0 Å². The quantitative estimate of drug-likeness (QED) is 0.881. The predicted molar refractivity (Wildman–Crippen MR) is 94.0 cm³/mol. The first kappa shape index (κ1) is 17.3. The summed E-state index contributed by atoms with van der Waals surface area (Å²) in [5.74, 6) is 0.603. The maximum atomic E-state index is 12.0. The topological polar surface area (TPSA) is 64.3 Å². The summed E-state index contributed by atoms with van der Waals surface area (Å²) in [7, 11) is 0. The maximum Gasteiger partial charge on any atom is 0.244 e. The molecule has 2 aromatic carbocycles. The SMILES string of the molecule is Cc1ccccc1COc1cccc(NC(=O)C2(N)CC2)c1.Cl. The minimum atomic E-state index is -0.669. The van der Waals surface area contributed by atoms with Crippen LogP contribution in [0, 0.1) is 6.92 Å². The number of ether oxygens (including phenoxy) is 1. The number of halogens is 1. The number of hydrogen-bond acceptors (Lipinski definition) is 3. The maximum absolute atomic E-state index is 12.0. The molecule has 1 fully saturated rings. The van der Waals surface area contributed by atoms with Gasteiger partial charge >= 0.3 is 0 Å². The summed E-state index contributed by atoms with van der Waals surface area (Å²) in [6, 6.07) is 15.5. The van der Waals surface area contributed by atoms with Crippen molar-refractivity contribution in [2.75, 3.05) is 5.32 Å². The fraction of sp³-hybridized carbons (Fsp3) is 0.278. The van der Waals surface area contributed by atoms with Crippen molar-refractivity contribution >= 4 is 24.0 Å². The molecule has 1 saturated carbocycles. The fourth-order valence-corrected chi connectivity index (χ4v) is 2.21. The van der Waals surface area contributed by atoms with Crippen molar-refractivity contribution in [3.8, 4) is 5.75 Å². The van der Waals surface area contributed by atoms with Gasteiger partial charge in [-0.15, -0.1) is 12.4 Å². The highest BCUT2D eigenvalue weighted by atomic mass is 35.5. The highest BCUT2D eigenvalue weighted by Gasteiger charge is 2.45. The van der Waals surface area contributed by atoms with E-state index in [1.807, 2.05) is 42.5 Å². The Hall–Kier alpha value is -2.04. The molecule has 0 unspecified atom stereocenters. The van der Waals surface area contributed by atoms with Crippen LogP contribution in [0.1, 0.15) is 24.0 Å². The Bertz CT molecular complexity index is 699. The Morgan fingerprint density at radius 1 is 1.22 bits per heavy atom. The first-order valence-corrected chi connectivity index (χ1v) is 7.44. The van der Waals surface area contributed by atoms with Crippen LogP contribution in [-0.2, 0) is 11.4 Å². The van der Waals surface area contributed by atoms with E-state index in [1.165, 1.54) is 5.56 Å². The van der Waals surface area contributed by atoms with Crippen LogP contribution in [-0.4, -0.2) is 11.4 Å². The van der Waals surface area contributed by atoms with Gasteiger partial charge in [0.15, 0.2) is 0 Å². The zero-order chi connectivity index (χ0) is 15.6. The van der Waals surface area contributed by atoms with Crippen molar-refractivity contribution in [3.63, 3.8) is 0 Å². The van der Waals surface area contributed by atoms with E-state index in [4.69, 9.17) is 10.5 Å². The molecule has 2 aromatic rings. The number of aryl methyl sites for hydroxylation is 1. The van der Waals surface area contributed by atoms with E-state index in [2.05, 4.69) is 18.3 Å². The molecule has 0 saturated heterocycles. The lowest BCUT2D eigenvalue weighted by Gasteiger charge is -2.12. The number of carbonyl (C=O) groups excluding carboxylic acids is 1. The number of hydrogen-bond donors (Lipinski definition) is 2. The molecular formula is C18H21ClN2O2. The van der Waals surface area contributed by atoms with Crippen LogP contribution in [0.2, 0.25) is 0 Å².